The molecule has 3 aromatic rings. The van der Waals surface area contributed by atoms with Crippen LogP contribution in [0.15, 0.2) is 52.9 Å². The fourth-order valence-electron chi connectivity index (χ4n) is 2.42. The Morgan fingerprint density at radius 2 is 1.93 bits per heavy atom. The number of nitrogens with zero attached hydrogens (tertiary/aromatic N) is 2. The number of anilines is 2. The van der Waals surface area contributed by atoms with Gasteiger partial charge in [0.1, 0.15) is 11.5 Å². The molecule has 0 spiro atoms. The number of amides is 2. The molecule has 0 fully saturated rings. The summed E-state index contributed by atoms with van der Waals surface area (Å²) in [5.41, 5.74) is 1.07. The molecule has 0 aliphatic rings. The molecule has 3 rings (SSSR count). The largest absolute Gasteiger partial charge is 0.497 e. The Morgan fingerprint density at radius 1 is 1.10 bits per heavy atom. The van der Waals surface area contributed by atoms with Crippen molar-refractivity contribution in [2.75, 3.05) is 30.1 Å². The number of carbonyl (C=O) groups excluding carboxylic acids is 2. The molecule has 1 heterocycles. The highest BCUT2D eigenvalue weighted by atomic mass is 32.2. The summed E-state index contributed by atoms with van der Waals surface area (Å²) in [5.74, 6) is 0.861. The fraction of sp³-hybridized carbons (Fsp3) is 0.200. The summed E-state index contributed by atoms with van der Waals surface area (Å²) in [6, 6.07) is 14.1. The number of hydrogen-bond acceptors (Lipinski definition) is 8. The zero-order valence-corrected chi connectivity index (χ0v) is 18.0. The van der Waals surface area contributed by atoms with E-state index in [0.29, 0.717) is 38.8 Å². The molecule has 2 N–H and O–H groups in total. The van der Waals surface area contributed by atoms with Gasteiger partial charge in [-0.2, -0.15) is 0 Å². The highest BCUT2D eigenvalue weighted by Crippen LogP contribution is 2.27. The summed E-state index contributed by atoms with van der Waals surface area (Å²) >= 11 is 2.44. The molecule has 0 aliphatic heterocycles. The van der Waals surface area contributed by atoms with E-state index in [9.17, 15) is 9.59 Å². The van der Waals surface area contributed by atoms with Gasteiger partial charge >= 0.3 is 0 Å². The number of aromatic nitrogens is 2. The molecule has 0 aliphatic carbocycles. The predicted molar refractivity (Wildman–Crippen MR) is 118 cm³/mol. The van der Waals surface area contributed by atoms with E-state index in [1.165, 1.54) is 30.2 Å². The smallest absolute Gasteiger partial charge is 0.257 e. The second-order valence-corrected chi connectivity index (χ2v) is 8.03. The van der Waals surface area contributed by atoms with E-state index in [4.69, 9.17) is 9.47 Å². The Labute approximate surface area is 182 Å². The van der Waals surface area contributed by atoms with E-state index in [2.05, 4.69) is 20.8 Å². The van der Waals surface area contributed by atoms with Crippen LogP contribution in [0.1, 0.15) is 17.3 Å². The van der Waals surface area contributed by atoms with E-state index >= 15 is 0 Å². The quantitative estimate of drug-likeness (QED) is 0.381. The normalized spacial score (nSPS) is 10.3. The molecule has 0 radical (unpaired) electrons. The van der Waals surface area contributed by atoms with Crippen molar-refractivity contribution >= 4 is 45.7 Å². The third-order valence-electron chi connectivity index (χ3n) is 3.75. The molecule has 30 heavy (non-hydrogen) atoms. The summed E-state index contributed by atoms with van der Waals surface area (Å²) in [4.78, 5) is 24.6. The molecule has 0 saturated heterocycles. The number of carbonyl (C=O) groups is 2. The van der Waals surface area contributed by atoms with Gasteiger partial charge in [-0.15, -0.1) is 10.2 Å². The number of ether oxygens (including phenoxy) is 2. The minimum Gasteiger partial charge on any atom is -0.497 e. The first-order chi connectivity index (χ1) is 14.6. The molecule has 1 aromatic heterocycles. The topological polar surface area (TPSA) is 102 Å². The van der Waals surface area contributed by atoms with Gasteiger partial charge in [0, 0.05) is 5.56 Å². The summed E-state index contributed by atoms with van der Waals surface area (Å²) < 4.78 is 11.2. The van der Waals surface area contributed by atoms with Gasteiger partial charge in [0.05, 0.1) is 25.2 Å². The highest BCUT2D eigenvalue weighted by Gasteiger charge is 2.13. The van der Waals surface area contributed by atoms with Crippen LogP contribution in [0.2, 0.25) is 0 Å². The summed E-state index contributed by atoms with van der Waals surface area (Å²) in [6.07, 6.45) is 0. The fourth-order valence-corrected chi connectivity index (χ4v) is 3.96. The zero-order chi connectivity index (χ0) is 21.3. The van der Waals surface area contributed by atoms with Crippen LogP contribution in [0.4, 0.5) is 10.8 Å². The van der Waals surface area contributed by atoms with Gasteiger partial charge in [-0.1, -0.05) is 41.3 Å². The molecule has 2 amide bonds. The molecular weight excluding hydrogens is 424 g/mol. The molecule has 0 unspecified atom stereocenters. The van der Waals surface area contributed by atoms with Gasteiger partial charge in [0.25, 0.3) is 5.91 Å². The van der Waals surface area contributed by atoms with E-state index in [0.717, 1.165) is 0 Å². The molecule has 2 aromatic carbocycles. The van der Waals surface area contributed by atoms with E-state index in [-0.39, 0.29) is 17.6 Å². The maximum Gasteiger partial charge on any atom is 0.257 e. The summed E-state index contributed by atoms with van der Waals surface area (Å²) in [5, 5.41) is 13.8. The molecule has 0 bridgehead atoms. The Balaban J connectivity index is 1.53. The van der Waals surface area contributed by atoms with Crippen molar-refractivity contribution in [3.63, 3.8) is 0 Å². The summed E-state index contributed by atoms with van der Waals surface area (Å²) in [7, 11) is 1.54. The first kappa shape index (κ1) is 21.6. The lowest BCUT2D eigenvalue weighted by molar-refractivity contribution is -0.113. The van der Waals surface area contributed by atoms with Gasteiger partial charge in [-0.25, -0.2) is 0 Å². The van der Waals surface area contributed by atoms with Crippen LogP contribution < -0.4 is 20.1 Å². The monoisotopic (exact) mass is 444 g/mol. The minimum atomic E-state index is -0.313. The third kappa shape index (κ3) is 5.94. The van der Waals surface area contributed by atoms with Crippen LogP contribution in [-0.2, 0) is 4.79 Å². The SMILES string of the molecule is CCOc1ccccc1NC(=O)CSc1nnc(NC(=O)c2cccc(OC)c2)s1. The van der Waals surface area contributed by atoms with E-state index in [1.807, 2.05) is 19.1 Å². The Bertz CT molecular complexity index is 1030. The van der Waals surface area contributed by atoms with Crippen LogP contribution in [0, 0.1) is 0 Å². The maximum absolute atomic E-state index is 12.3. The van der Waals surface area contributed by atoms with Crippen LogP contribution in [-0.4, -0.2) is 41.5 Å². The first-order valence-corrected chi connectivity index (χ1v) is 10.8. The lowest BCUT2D eigenvalue weighted by Gasteiger charge is -2.10. The average molecular weight is 445 g/mol. The molecule has 8 nitrogen and oxygen atoms in total. The van der Waals surface area contributed by atoms with Crippen molar-refractivity contribution in [3.8, 4) is 11.5 Å². The van der Waals surface area contributed by atoms with Gasteiger partial charge in [0.2, 0.25) is 11.0 Å². The van der Waals surface area contributed by atoms with E-state index < -0.39 is 0 Å². The number of hydrogen-bond donors (Lipinski definition) is 2. The number of para-hydroxylation sites is 2. The maximum atomic E-state index is 12.3. The predicted octanol–water partition coefficient (Wildman–Crippen LogP) is 3.93. The number of rotatable bonds is 9. The lowest BCUT2D eigenvalue weighted by Crippen LogP contribution is -2.14. The third-order valence-corrected chi connectivity index (χ3v) is 5.72. The van der Waals surface area contributed by atoms with Crippen molar-refractivity contribution in [3.05, 3.63) is 54.1 Å². The second kappa shape index (κ2) is 10.6. The molecular formula is C20H20N4O4S2. The highest BCUT2D eigenvalue weighted by molar-refractivity contribution is 8.01. The summed E-state index contributed by atoms with van der Waals surface area (Å²) in [6.45, 7) is 2.39. The minimum absolute atomic E-state index is 0.152. The molecule has 0 saturated carbocycles. The van der Waals surface area contributed by atoms with Crippen LogP contribution in [0.25, 0.3) is 0 Å². The van der Waals surface area contributed by atoms with E-state index in [1.54, 1.807) is 36.4 Å². The second-order valence-electron chi connectivity index (χ2n) is 5.83. The van der Waals surface area contributed by atoms with Crippen LogP contribution >= 0.6 is 23.1 Å². The standard InChI is InChI=1S/C20H20N4O4S2/c1-3-28-16-10-5-4-9-15(16)21-17(25)12-29-20-24-23-19(30-20)22-18(26)13-7-6-8-14(11-13)27-2/h4-11H,3,12H2,1-2H3,(H,21,25)(H,22,23,26). The van der Waals surface area contributed by atoms with Gasteiger partial charge < -0.3 is 14.8 Å². The molecule has 156 valence electrons. The number of nitrogens with one attached hydrogen (secondary N) is 2. The van der Waals surface area contributed by atoms with Crippen molar-refractivity contribution in [1.29, 1.82) is 0 Å². The van der Waals surface area contributed by atoms with Gasteiger partial charge in [0.15, 0.2) is 4.34 Å². The van der Waals surface area contributed by atoms with Crippen molar-refractivity contribution in [2.24, 2.45) is 0 Å². The van der Waals surface area contributed by atoms with Gasteiger partial charge in [-0.3, -0.25) is 14.9 Å². The Hall–Kier alpha value is -3.11. The number of benzene rings is 2. The Morgan fingerprint density at radius 3 is 2.73 bits per heavy atom. The zero-order valence-electron chi connectivity index (χ0n) is 16.4. The average Bonchev–Trinajstić information content (AvgIpc) is 3.21. The number of thioether (sulfide) groups is 1. The van der Waals surface area contributed by atoms with Gasteiger partial charge in [-0.05, 0) is 37.3 Å². The van der Waals surface area contributed by atoms with Crippen molar-refractivity contribution in [1.82, 2.24) is 10.2 Å². The molecule has 10 heteroatoms. The van der Waals surface area contributed by atoms with Crippen LogP contribution in [0.5, 0.6) is 11.5 Å². The van der Waals surface area contributed by atoms with Crippen LogP contribution in [0.3, 0.4) is 0 Å². The number of methoxy groups -OCH3 is 1. The lowest BCUT2D eigenvalue weighted by atomic mass is 10.2. The van der Waals surface area contributed by atoms with Crippen molar-refractivity contribution in [2.45, 2.75) is 11.3 Å². The Kier molecular flexibility index (Phi) is 7.63. The van der Waals surface area contributed by atoms with Crippen molar-refractivity contribution < 1.29 is 19.1 Å². The first-order valence-electron chi connectivity index (χ1n) is 9.02. The molecule has 0 atom stereocenters.